The minimum Gasteiger partial charge on any atom is -0.494 e. The monoisotopic (exact) mass is 411 g/mol. The van der Waals surface area contributed by atoms with Crippen molar-refractivity contribution in [1.29, 1.82) is 5.26 Å². The zero-order valence-corrected chi connectivity index (χ0v) is 17.3. The number of thiazole rings is 1. The number of anilines is 1. The van der Waals surface area contributed by atoms with Crippen molar-refractivity contribution < 1.29 is 9.53 Å². The molecule has 0 aliphatic rings. The minimum atomic E-state index is -0.00878. The molecule has 1 aromatic heterocycles. The van der Waals surface area contributed by atoms with Crippen LogP contribution in [0.15, 0.2) is 48.5 Å². The lowest BCUT2D eigenvalue weighted by molar-refractivity contribution is -0.116. The fourth-order valence-electron chi connectivity index (χ4n) is 2.73. The first-order valence-electron chi connectivity index (χ1n) is 9.03. The molecule has 144 valence electrons. The van der Waals surface area contributed by atoms with Crippen LogP contribution >= 0.6 is 23.1 Å². The molecule has 0 N–H and O–H groups in total. The largest absolute Gasteiger partial charge is 0.494 e. The first-order chi connectivity index (χ1) is 13.7. The Morgan fingerprint density at radius 3 is 2.75 bits per heavy atom. The number of amides is 1. The van der Waals surface area contributed by atoms with Gasteiger partial charge in [0.25, 0.3) is 0 Å². The van der Waals surface area contributed by atoms with Crippen LogP contribution in [0.5, 0.6) is 5.75 Å². The summed E-state index contributed by atoms with van der Waals surface area (Å²) in [5, 5.41) is 9.95. The van der Waals surface area contributed by atoms with E-state index >= 15 is 0 Å². The zero-order chi connectivity index (χ0) is 19.8. The van der Waals surface area contributed by atoms with Crippen LogP contribution in [0.2, 0.25) is 0 Å². The van der Waals surface area contributed by atoms with Crippen molar-refractivity contribution >= 4 is 44.9 Å². The van der Waals surface area contributed by atoms with Gasteiger partial charge in [-0.1, -0.05) is 12.1 Å². The lowest BCUT2D eigenvalue weighted by atomic mass is 10.2. The molecule has 0 spiro atoms. The molecule has 0 aliphatic heterocycles. The Labute approximate surface area is 173 Å². The van der Waals surface area contributed by atoms with Gasteiger partial charge in [-0.15, -0.1) is 23.1 Å². The Balaban J connectivity index is 1.61. The number of carbonyl (C=O) groups is 1. The van der Waals surface area contributed by atoms with E-state index in [9.17, 15) is 4.79 Å². The Hall–Kier alpha value is -2.56. The summed E-state index contributed by atoms with van der Waals surface area (Å²) in [5.74, 6) is 1.80. The molecule has 0 bridgehead atoms. The van der Waals surface area contributed by atoms with Gasteiger partial charge in [-0.3, -0.25) is 4.79 Å². The Morgan fingerprint density at radius 1 is 1.25 bits per heavy atom. The van der Waals surface area contributed by atoms with Crippen molar-refractivity contribution in [2.24, 2.45) is 0 Å². The van der Waals surface area contributed by atoms with Crippen molar-refractivity contribution in [2.75, 3.05) is 23.8 Å². The Kier molecular flexibility index (Phi) is 7.29. The molecule has 3 aromatic rings. The quantitative estimate of drug-likeness (QED) is 0.502. The number of carbonyl (C=O) groups excluding carboxylic acids is 1. The molecular formula is C21H21N3O2S2. The van der Waals surface area contributed by atoms with Gasteiger partial charge in [0.15, 0.2) is 0 Å². The van der Waals surface area contributed by atoms with Crippen LogP contribution in [0.25, 0.3) is 10.2 Å². The highest BCUT2D eigenvalue weighted by molar-refractivity contribution is 7.99. The molecule has 0 saturated carbocycles. The summed E-state index contributed by atoms with van der Waals surface area (Å²) in [6.45, 7) is 2.91. The molecule has 0 saturated heterocycles. The predicted molar refractivity (Wildman–Crippen MR) is 116 cm³/mol. The highest BCUT2D eigenvalue weighted by Crippen LogP contribution is 2.26. The molecule has 3 rings (SSSR count). The van der Waals surface area contributed by atoms with Gasteiger partial charge in [-0.2, -0.15) is 5.26 Å². The number of thioether (sulfide) groups is 1. The average molecular weight is 412 g/mol. The third-order valence-electron chi connectivity index (χ3n) is 4.00. The lowest BCUT2D eigenvalue weighted by Gasteiger charge is -2.22. The number of nitrogens with zero attached hydrogens (tertiary/aromatic N) is 3. The van der Waals surface area contributed by atoms with Crippen LogP contribution in [0.3, 0.4) is 0 Å². The van der Waals surface area contributed by atoms with E-state index in [2.05, 4.69) is 17.1 Å². The molecule has 1 amide bonds. The maximum absolute atomic E-state index is 12.8. The number of nitriles is 1. The number of aromatic nitrogens is 1. The smallest absolute Gasteiger partial charge is 0.237 e. The number of ether oxygens (including phenoxy) is 1. The first kappa shape index (κ1) is 20.2. The summed E-state index contributed by atoms with van der Waals surface area (Å²) in [7, 11) is 0. The van der Waals surface area contributed by atoms with Crippen LogP contribution in [0, 0.1) is 11.3 Å². The summed E-state index contributed by atoms with van der Waals surface area (Å²) in [6.07, 6.45) is 0.293. The molecular weight excluding hydrogens is 390 g/mol. The maximum Gasteiger partial charge on any atom is 0.237 e. The first-order valence-corrected chi connectivity index (χ1v) is 11.0. The molecule has 5 nitrogen and oxygen atoms in total. The molecule has 7 heteroatoms. The van der Waals surface area contributed by atoms with E-state index in [0.29, 0.717) is 31.1 Å². The van der Waals surface area contributed by atoms with E-state index in [4.69, 9.17) is 10.00 Å². The second kappa shape index (κ2) is 10.1. The summed E-state index contributed by atoms with van der Waals surface area (Å²) in [5.41, 5.74) is 1.78. The fraction of sp³-hybridized carbons (Fsp3) is 0.286. The minimum absolute atomic E-state index is 0.00878. The van der Waals surface area contributed by atoms with E-state index in [1.54, 1.807) is 28.0 Å². The van der Waals surface area contributed by atoms with Crippen molar-refractivity contribution in [3.8, 4) is 11.8 Å². The van der Waals surface area contributed by atoms with Gasteiger partial charge in [-0.05, 0) is 43.3 Å². The van der Waals surface area contributed by atoms with E-state index in [-0.39, 0.29) is 5.91 Å². The highest BCUT2D eigenvalue weighted by atomic mass is 32.2. The van der Waals surface area contributed by atoms with Crippen molar-refractivity contribution in [3.63, 3.8) is 0 Å². The van der Waals surface area contributed by atoms with Gasteiger partial charge in [0.1, 0.15) is 10.8 Å². The summed E-state index contributed by atoms with van der Waals surface area (Å²) >= 11 is 3.21. The van der Waals surface area contributed by atoms with Crippen molar-refractivity contribution in [1.82, 2.24) is 4.98 Å². The topological polar surface area (TPSA) is 66.2 Å². The highest BCUT2D eigenvalue weighted by Gasteiger charge is 2.16. The second-order valence-electron chi connectivity index (χ2n) is 5.95. The molecule has 0 radical (unpaired) electrons. The number of benzene rings is 2. The summed E-state index contributed by atoms with van der Waals surface area (Å²) in [4.78, 5) is 19.0. The molecule has 0 atom stereocenters. The van der Waals surface area contributed by atoms with E-state index in [0.717, 1.165) is 26.7 Å². The Morgan fingerprint density at radius 2 is 2.04 bits per heavy atom. The number of para-hydroxylation sites is 1. The summed E-state index contributed by atoms with van der Waals surface area (Å²) in [6, 6.07) is 17.6. The van der Waals surface area contributed by atoms with Gasteiger partial charge >= 0.3 is 0 Å². The second-order valence-corrected chi connectivity index (χ2v) is 8.05. The molecule has 0 fully saturated rings. The van der Waals surface area contributed by atoms with Crippen LogP contribution in [0.4, 0.5) is 5.69 Å². The van der Waals surface area contributed by atoms with Gasteiger partial charge in [0, 0.05) is 18.0 Å². The Bertz CT molecular complexity index is 931. The number of hydrogen-bond donors (Lipinski definition) is 0. The van der Waals surface area contributed by atoms with Crippen LogP contribution in [0.1, 0.15) is 18.4 Å². The molecule has 2 aromatic carbocycles. The van der Waals surface area contributed by atoms with Gasteiger partial charge in [0.2, 0.25) is 5.91 Å². The molecule has 28 heavy (non-hydrogen) atoms. The zero-order valence-electron chi connectivity index (χ0n) is 15.6. The van der Waals surface area contributed by atoms with E-state index in [1.807, 2.05) is 49.4 Å². The van der Waals surface area contributed by atoms with Gasteiger partial charge in [0.05, 0.1) is 35.1 Å². The van der Waals surface area contributed by atoms with E-state index in [1.165, 1.54) is 0 Å². The van der Waals surface area contributed by atoms with Crippen molar-refractivity contribution in [2.45, 2.75) is 19.1 Å². The third-order valence-corrected chi connectivity index (χ3v) is 6.14. The molecule has 0 aliphatic carbocycles. The standard InChI is InChI=1S/C21H21N3O2S2/c1-2-26-17-10-8-16(9-11-17)24(13-5-12-22)21(25)15-27-14-20-23-18-6-3-4-7-19(18)28-20/h3-4,6-11H,2,5,13-15H2,1H3. The number of hydrogen-bond acceptors (Lipinski definition) is 6. The normalized spacial score (nSPS) is 10.6. The third kappa shape index (κ3) is 5.24. The van der Waals surface area contributed by atoms with E-state index < -0.39 is 0 Å². The average Bonchev–Trinajstić information content (AvgIpc) is 3.12. The summed E-state index contributed by atoms with van der Waals surface area (Å²) < 4.78 is 6.62. The van der Waals surface area contributed by atoms with Gasteiger partial charge < -0.3 is 9.64 Å². The predicted octanol–water partition coefficient (Wildman–Crippen LogP) is 4.88. The van der Waals surface area contributed by atoms with Crippen molar-refractivity contribution in [3.05, 3.63) is 53.5 Å². The fourth-order valence-corrected chi connectivity index (χ4v) is 4.65. The molecule has 1 heterocycles. The van der Waals surface area contributed by atoms with Crippen LogP contribution in [-0.4, -0.2) is 29.8 Å². The van der Waals surface area contributed by atoms with Gasteiger partial charge in [-0.25, -0.2) is 4.98 Å². The molecule has 0 unspecified atom stereocenters. The number of fused-ring (bicyclic) bond motifs is 1. The number of rotatable bonds is 9. The lowest BCUT2D eigenvalue weighted by Crippen LogP contribution is -2.33. The van der Waals surface area contributed by atoms with Crippen LogP contribution < -0.4 is 9.64 Å². The maximum atomic E-state index is 12.8. The van der Waals surface area contributed by atoms with Crippen LogP contribution in [-0.2, 0) is 10.5 Å². The SMILES string of the molecule is CCOc1ccc(N(CCC#N)C(=O)CSCc2nc3ccccc3s2)cc1.